The number of carbonyl (C=O) groups is 4. The predicted molar refractivity (Wildman–Crippen MR) is 355 cm³/mol. The van der Waals surface area contributed by atoms with Gasteiger partial charge in [0.05, 0.1) is 83.1 Å². The Kier molecular flexibility index (Phi) is 25.7. The smallest absolute Gasteiger partial charge is 0.329 e. The quantitative estimate of drug-likeness (QED) is 0.0283. The van der Waals surface area contributed by atoms with Gasteiger partial charge in [-0.15, -0.1) is 0 Å². The first-order valence-corrected chi connectivity index (χ1v) is 32.9. The molecule has 5 aromatic carbocycles. The molecule has 2 aliphatic rings. The van der Waals surface area contributed by atoms with E-state index in [-0.39, 0.29) is 57.1 Å². The number of esters is 1. The van der Waals surface area contributed by atoms with Gasteiger partial charge in [0.25, 0.3) is 5.91 Å². The molecule has 7 aromatic rings. The third-order valence-electron chi connectivity index (χ3n) is 17.5. The number of benzene rings is 5. The number of imidazole rings is 1. The highest BCUT2D eigenvalue weighted by Crippen LogP contribution is 2.38. The van der Waals surface area contributed by atoms with E-state index in [0.717, 1.165) is 127 Å². The number of carbonyl (C=O) groups excluding carboxylic acids is 4. The van der Waals surface area contributed by atoms with Crippen LogP contribution in [0.15, 0.2) is 102 Å². The number of ether oxygens (including phenoxy) is 8. The zero-order valence-corrected chi connectivity index (χ0v) is 55.5. The minimum Gasteiger partial charge on any atom is -0.493 e. The fraction of sp³-hybridized carbons (Fsp3) is 0.479. The zero-order chi connectivity index (χ0) is 65.6. The molecule has 20 nitrogen and oxygen atoms in total. The summed E-state index contributed by atoms with van der Waals surface area (Å²) in [5, 5.41) is 9.88. The molecule has 0 bridgehead atoms. The molecular weight excluding hydrogens is 1180 g/mol. The number of morpholine rings is 1. The van der Waals surface area contributed by atoms with Gasteiger partial charge in [-0.3, -0.25) is 19.3 Å². The summed E-state index contributed by atoms with van der Waals surface area (Å²) in [5.74, 6) is 2.65. The van der Waals surface area contributed by atoms with Crippen molar-refractivity contribution in [1.29, 1.82) is 0 Å². The van der Waals surface area contributed by atoms with Crippen molar-refractivity contribution in [2.45, 2.75) is 124 Å². The van der Waals surface area contributed by atoms with Crippen molar-refractivity contribution in [3.8, 4) is 34.1 Å². The van der Waals surface area contributed by atoms with Gasteiger partial charge in [0, 0.05) is 57.7 Å². The van der Waals surface area contributed by atoms with Crippen molar-refractivity contribution in [3.63, 3.8) is 0 Å². The Balaban J connectivity index is 0.659. The van der Waals surface area contributed by atoms with Crippen LogP contribution in [0.1, 0.15) is 114 Å². The van der Waals surface area contributed by atoms with E-state index in [1.807, 2.05) is 64.1 Å². The van der Waals surface area contributed by atoms with Gasteiger partial charge >= 0.3 is 5.97 Å². The van der Waals surface area contributed by atoms with Gasteiger partial charge in [0.2, 0.25) is 11.8 Å². The molecule has 93 heavy (non-hydrogen) atoms. The average molecular weight is 1280 g/mol. The summed E-state index contributed by atoms with van der Waals surface area (Å²) in [6.07, 6.45) is 4.84. The Morgan fingerprint density at radius 1 is 0.688 bits per heavy atom. The van der Waals surface area contributed by atoms with Gasteiger partial charge < -0.3 is 62.5 Å². The Labute approximate surface area is 546 Å². The van der Waals surface area contributed by atoms with Crippen molar-refractivity contribution in [3.05, 3.63) is 153 Å². The van der Waals surface area contributed by atoms with Crippen LogP contribution in [0.5, 0.6) is 23.0 Å². The molecule has 0 radical (unpaired) electrons. The summed E-state index contributed by atoms with van der Waals surface area (Å²) < 4.78 is 54.3. The molecule has 0 aliphatic carbocycles. The monoisotopic (exact) mass is 1280 g/mol. The van der Waals surface area contributed by atoms with Crippen LogP contribution in [0.2, 0.25) is 0 Å². The van der Waals surface area contributed by atoms with Crippen LogP contribution in [-0.2, 0) is 63.9 Å². The second-order valence-electron chi connectivity index (χ2n) is 24.0. The molecule has 0 unspecified atom stereocenters. The largest absolute Gasteiger partial charge is 0.493 e. The number of aryl methyl sites for hydroxylation is 8. The number of nitrogens with one attached hydrogen (secondary N) is 2. The van der Waals surface area contributed by atoms with Crippen molar-refractivity contribution in [2.75, 3.05) is 106 Å². The van der Waals surface area contributed by atoms with Crippen LogP contribution < -0.4 is 29.6 Å². The van der Waals surface area contributed by atoms with E-state index in [0.29, 0.717) is 74.8 Å². The number of fused-ring (bicyclic) bond motifs is 1. The van der Waals surface area contributed by atoms with E-state index in [2.05, 4.69) is 87.6 Å². The molecule has 2 aliphatic heterocycles. The van der Waals surface area contributed by atoms with E-state index in [1.54, 1.807) is 31.3 Å². The van der Waals surface area contributed by atoms with Crippen LogP contribution in [0.4, 0.5) is 0 Å². The number of nitrogens with zero attached hydrogens (tertiary/aromatic N) is 5. The summed E-state index contributed by atoms with van der Waals surface area (Å²) in [4.78, 5) is 63.7. The first kappa shape index (κ1) is 69.1. The number of aromatic nitrogens is 3. The lowest BCUT2D eigenvalue weighted by molar-refractivity contribution is -0.162. The number of hydrogen-bond acceptors (Lipinski definition) is 16. The first-order valence-electron chi connectivity index (χ1n) is 32.9. The van der Waals surface area contributed by atoms with Crippen LogP contribution in [0.25, 0.3) is 22.2 Å². The molecule has 498 valence electrons. The summed E-state index contributed by atoms with van der Waals surface area (Å²) in [6, 6.07) is 31.2. The van der Waals surface area contributed by atoms with E-state index < -0.39 is 24.0 Å². The van der Waals surface area contributed by atoms with E-state index in [1.165, 1.54) is 16.7 Å². The molecular formula is C73H93N7O13. The fourth-order valence-electron chi connectivity index (χ4n) is 12.3. The molecule has 0 saturated carbocycles. The molecule has 3 amide bonds. The van der Waals surface area contributed by atoms with Crippen molar-refractivity contribution >= 4 is 34.7 Å². The molecule has 2 saturated heterocycles. The Hall–Kier alpha value is -8.30. The second-order valence-corrected chi connectivity index (χ2v) is 24.0. The number of methoxy groups -OCH3 is 2. The fourth-order valence-corrected chi connectivity index (χ4v) is 12.3. The van der Waals surface area contributed by atoms with Gasteiger partial charge in [0.1, 0.15) is 41.8 Å². The van der Waals surface area contributed by atoms with Crippen LogP contribution in [0.3, 0.4) is 0 Å². The summed E-state index contributed by atoms with van der Waals surface area (Å²) >= 11 is 0. The van der Waals surface area contributed by atoms with Gasteiger partial charge in [-0.2, -0.15) is 0 Å². The lowest BCUT2D eigenvalue weighted by Crippen LogP contribution is -2.50. The van der Waals surface area contributed by atoms with Gasteiger partial charge in [-0.1, -0.05) is 66.7 Å². The van der Waals surface area contributed by atoms with Gasteiger partial charge in [-0.25, -0.2) is 9.78 Å². The molecule has 9 rings (SSSR count). The van der Waals surface area contributed by atoms with Gasteiger partial charge in [0.15, 0.2) is 18.1 Å². The molecule has 20 heteroatoms. The van der Waals surface area contributed by atoms with E-state index in [4.69, 9.17) is 47.4 Å². The minimum atomic E-state index is -0.753. The molecule has 2 N–H and O–H groups in total. The number of hydrogen-bond donors (Lipinski definition) is 2. The van der Waals surface area contributed by atoms with Crippen molar-refractivity contribution in [2.24, 2.45) is 0 Å². The molecule has 2 fully saturated rings. The SMILES string of the molecule is CC[C@H](C(=O)N1CCCC[C@H]1C(=O)O[C@H](CCc1ccc(C)c(C)c1)c1cccc(OCC(=O)NCCOCCOCCC(=O)NCCOc2ccc(CCc3nc4cc(-c5c(C)noc5C)ccc4n3CCN3CCOCC3)cc2)c1)c1cc(C)c(OC)c(OC)c1. The number of rotatable bonds is 34. The number of amides is 3. The molecule has 3 atom stereocenters. The lowest BCUT2D eigenvalue weighted by Gasteiger charge is -2.37. The second kappa shape index (κ2) is 34.6. The standard InChI is InChI=1S/C73H93N7O13/c1-9-61(58-44-51(4)71(86-8)66(47-58)85-7)72(83)80-31-11-10-15-64(80)73(84)92-65(26-20-55-17-16-49(2)50(3)43-55)56-13-12-14-60(45-56)91-48-69(82)75-29-37-88-42-41-87-36-28-68(81)74-30-38-90-59-23-18-54(19-24-59)21-27-67-76-62-46-57(70-52(5)77-93-53(70)6)22-25-63(62)79(67)33-32-78-34-39-89-40-35-78/h12-14,16-19,22-25,43-47,61,64-65H,9-11,15,20-21,26-42,48H2,1-8H3,(H,74,81)(H,75,82)/t61-,64-,65+/m0/s1. The molecule has 2 aromatic heterocycles. The summed E-state index contributed by atoms with van der Waals surface area (Å²) in [7, 11) is 3.17. The predicted octanol–water partition coefficient (Wildman–Crippen LogP) is 10.3. The highest BCUT2D eigenvalue weighted by molar-refractivity contribution is 5.89. The first-order chi connectivity index (χ1) is 45.2. The Morgan fingerprint density at radius 2 is 1.46 bits per heavy atom. The maximum Gasteiger partial charge on any atom is 0.329 e. The third-order valence-corrected chi connectivity index (χ3v) is 17.5. The highest BCUT2D eigenvalue weighted by atomic mass is 16.5. The summed E-state index contributed by atoms with van der Waals surface area (Å²) in [6.45, 7) is 19.3. The van der Waals surface area contributed by atoms with Gasteiger partial charge in [-0.05, 0) is 167 Å². The Bertz CT molecular complexity index is 3580. The number of likely N-dealkylation sites (tertiary alicyclic amines) is 1. The summed E-state index contributed by atoms with van der Waals surface area (Å²) in [5.41, 5.74) is 12.0. The maximum absolute atomic E-state index is 14.5. The normalized spacial score (nSPS) is 15.0. The van der Waals surface area contributed by atoms with Crippen LogP contribution >= 0.6 is 0 Å². The minimum absolute atomic E-state index is 0.123. The van der Waals surface area contributed by atoms with Crippen molar-refractivity contribution < 1.29 is 61.6 Å². The van der Waals surface area contributed by atoms with Crippen molar-refractivity contribution in [1.82, 2.24) is 35.1 Å². The molecule has 0 spiro atoms. The average Bonchev–Trinajstić information content (AvgIpc) is 1.72. The highest BCUT2D eigenvalue weighted by Gasteiger charge is 2.38. The topological polar surface area (TPSA) is 217 Å². The van der Waals surface area contributed by atoms with Crippen LogP contribution in [0, 0.1) is 34.6 Å². The van der Waals surface area contributed by atoms with E-state index >= 15 is 0 Å². The third kappa shape index (κ3) is 19.2. The van der Waals surface area contributed by atoms with E-state index in [9.17, 15) is 19.2 Å². The lowest BCUT2D eigenvalue weighted by atomic mass is 9.91. The Morgan fingerprint density at radius 3 is 2.22 bits per heavy atom. The molecule has 4 heterocycles. The maximum atomic E-state index is 14.5. The zero-order valence-electron chi connectivity index (χ0n) is 55.5. The number of piperidine rings is 1. The van der Waals surface area contributed by atoms with Crippen LogP contribution in [-0.4, -0.2) is 161 Å².